The smallest absolute Gasteiger partial charge is 0.0701 e. The van der Waals surface area contributed by atoms with Gasteiger partial charge in [-0.15, -0.1) is 11.3 Å². The SMILES string of the molecule is OC(Cc1ccc(Br)s1)C1CCCCCCC1. The molecule has 1 aliphatic carbocycles. The van der Waals surface area contributed by atoms with Crippen molar-refractivity contribution in [3.8, 4) is 0 Å². The van der Waals surface area contributed by atoms with Crippen molar-refractivity contribution in [1.29, 1.82) is 0 Å². The molecule has 1 aliphatic rings. The predicted octanol–water partition coefficient (Wildman–Crippen LogP) is 4.77. The Morgan fingerprint density at radius 3 is 2.41 bits per heavy atom. The van der Waals surface area contributed by atoms with E-state index in [1.54, 1.807) is 11.3 Å². The van der Waals surface area contributed by atoms with Crippen molar-refractivity contribution in [2.24, 2.45) is 5.92 Å². The molecular formula is C14H21BrOS. The van der Waals surface area contributed by atoms with Crippen molar-refractivity contribution in [3.05, 3.63) is 20.8 Å². The molecule has 1 aromatic rings. The first-order chi connectivity index (χ1) is 8.25. The van der Waals surface area contributed by atoms with Crippen LogP contribution in [0, 0.1) is 5.92 Å². The second kappa shape index (κ2) is 6.91. The van der Waals surface area contributed by atoms with Crippen LogP contribution in [0.1, 0.15) is 49.8 Å². The molecule has 1 unspecified atom stereocenters. The highest BCUT2D eigenvalue weighted by atomic mass is 79.9. The molecule has 1 atom stereocenters. The molecule has 0 spiro atoms. The normalized spacial score (nSPS) is 20.8. The van der Waals surface area contributed by atoms with E-state index in [0.717, 1.165) is 10.2 Å². The standard InChI is InChI=1S/C14H21BrOS/c15-14-9-8-12(17-14)10-13(16)11-6-4-2-1-3-5-7-11/h8-9,11,13,16H,1-7,10H2. The van der Waals surface area contributed by atoms with Gasteiger partial charge in [0.25, 0.3) is 0 Å². The first-order valence-corrected chi connectivity index (χ1v) is 8.29. The summed E-state index contributed by atoms with van der Waals surface area (Å²) in [5.74, 6) is 0.524. The zero-order valence-electron chi connectivity index (χ0n) is 10.2. The quantitative estimate of drug-likeness (QED) is 0.851. The third-order valence-electron chi connectivity index (χ3n) is 3.73. The number of hydrogen-bond donors (Lipinski definition) is 1. The van der Waals surface area contributed by atoms with E-state index < -0.39 is 0 Å². The molecule has 2 rings (SSSR count). The molecule has 1 N–H and O–H groups in total. The summed E-state index contributed by atoms with van der Waals surface area (Å²) in [6.45, 7) is 0. The largest absolute Gasteiger partial charge is 0.392 e. The van der Waals surface area contributed by atoms with Gasteiger partial charge in [0.2, 0.25) is 0 Å². The lowest BCUT2D eigenvalue weighted by molar-refractivity contribution is 0.0920. The number of halogens is 1. The van der Waals surface area contributed by atoms with E-state index in [0.29, 0.717) is 5.92 Å². The lowest BCUT2D eigenvalue weighted by Crippen LogP contribution is -2.23. The van der Waals surface area contributed by atoms with Gasteiger partial charge >= 0.3 is 0 Å². The van der Waals surface area contributed by atoms with E-state index in [1.165, 1.54) is 49.8 Å². The van der Waals surface area contributed by atoms with Gasteiger partial charge in [-0.25, -0.2) is 0 Å². The van der Waals surface area contributed by atoms with E-state index in [2.05, 4.69) is 28.1 Å². The number of hydrogen-bond acceptors (Lipinski definition) is 2. The summed E-state index contributed by atoms with van der Waals surface area (Å²) < 4.78 is 1.16. The average Bonchev–Trinajstić information content (AvgIpc) is 2.63. The van der Waals surface area contributed by atoms with Gasteiger partial charge in [0.15, 0.2) is 0 Å². The van der Waals surface area contributed by atoms with Gasteiger partial charge < -0.3 is 5.11 Å². The minimum absolute atomic E-state index is 0.140. The Balaban J connectivity index is 1.86. The third-order valence-corrected chi connectivity index (χ3v) is 5.38. The van der Waals surface area contributed by atoms with Crippen molar-refractivity contribution in [3.63, 3.8) is 0 Å². The van der Waals surface area contributed by atoms with E-state index in [4.69, 9.17) is 0 Å². The summed E-state index contributed by atoms with van der Waals surface area (Å²) >= 11 is 5.22. The van der Waals surface area contributed by atoms with Crippen molar-refractivity contribution in [1.82, 2.24) is 0 Å². The molecule has 1 saturated carbocycles. The second-order valence-electron chi connectivity index (χ2n) is 5.08. The lowest BCUT2D eigenvalue weighted by Gasteiger charge is -2.24. The molecule has 0 bridgehead atoms. The van der Waals surface area contributed by atoms with E-state index in [9.17, 15) is 5.11 Å². The number of thiophene rings is 1. The minimum atomic E-state index is -0.140. The van der Waals surface area contributed by atoms with Crippen LogP contribution in [0.3, 0.4) is 0 Å². The summed E-state index contributed by atoms with van der Waals surface area (Å²) in [5, 5.41) is 10.3. The van der Waals surface area contributed by atoms with E-state index in [1.807, 2.05) is 0 Å². The van der Waals surface area contributed by atoms with Crippen LogP contribution in [0.5, 0.6) is 0 Å². The van der Waals surface area contributed by atoms with Crippen molar-refractivity contribution >= 4 is 27.3 Å². The van der Waals surface area contributed by atoms with Crippen LogP contribution in [-0.2, 0) is 6.42 Å². The molecule has 1 nitrogen and oxygen atoms in total. The van der Waals surface area contributed by atoms with E-state index >= 15 is 0 Å². The summed E-state index contributed by atoms with van der Waals surface area (Å²) in [5.41, 5.74) is 0. The van der Waals surface area contributed by atoms with E-state index in [-0.39, 0.29) is 6.10 Å². The first-order valence-electron chi connectivity index (χ1n) is 6.68. The van der Waals surface area contributed by atoms with Gasteiger partial charge in [0.05, 0.1) is 9.89 Å². The minimum Gasteiger partial charge on any atom is -0.392 e. The summed E-state index contributed by atoms with van der Waals surface area (Å²) in [4.78, 5) is 1.30. The van der Waals surface area contributed by atoms with Gasteiger partial charge in [0, 0.05) is 11.3 Å². The molecule has 1 fully saturated rings. The summed E-state index contributed by atoms with van der Waals surface area (Å²) in [6.07, 6.45) is 9.83. The Kier molecular flexibility index (Phi) is 5.51. The molecular weight excluding hydrogens is 296 g/mol. The Bertz CT molecular complexity index is 329. The fourth-order valence-electron chi connectivity index (χ4n) is 2.71. The predicted molar refractivity (Wildman–Crippen MR) is 77.5 cm³/mol. The molecule has 17 heavy (non-hydrogen) atoms. The molecule has 0 radical (unpaired) electrons. The molecule has 1 aromatic heterocycles. The van der Waals surface area contributed by atoms with Crippen molar-refractivity contribution in [2.45, 2.75) is 57.5 Å². The first kappa shape index (κ1) is 13.6. The highest BCUT2D eigenvalue weighted by molar-refractivity contribution is 9.11. The maximum atomic E-state index is 10.3. The number of rotatable bonds is 3. The Hall–Kier alpha value is 0.140. The lowest BCUT2D eigenvalue weighted by atomic mass is 9.86. The molecule has 0 aromatic carbocycles. The highest BCUT2D eigenvalue weighted by Gasteiger charge is 2.20. The Labute approximate surface area is 116 Å². The highest BCUT2D eigenvalue weighted by Crippen LogP contribution is 2.29. The van der Waals surface area contributed by atoms with Crippen LogP contribution in [-0.4, -0.2) is 11.2 Å². The Morgan fingerprint density at radius 2 is 1.82 bits per heavy atom. The molecule has 1 heterocycles. The molecule has 0 saturated heterocycles. The average molecular weight is 317 g/mol. The zero-order chi connectivity index (χ0) is 12.1. The van der Waals surface area contributed by atoms with Crippen LogP contribution in [0.2, 0.25) is 0 Å². The molecule has 96 valence electrons. The Morgan fingerprint density at radius 1 is 1.18 bits per heavy atom. The van der Waals surface area contributed by atoms with Crippen molar-refractivity contribution in [2.75, 3.05) is 0 Å². The van der Waals surface area contributed by atoms with Gasteiger partial charge in [-0.05, 0) is 46.8 Å². The third kappa shape index (κ3) is 4.38. The van der Waals surface area contributed by atoms with Crippen LogP contribution in [0.15, 0.2) is 15.9 Å². The van der Waals surface area contributed by atoms with Gasteiger partial charge in [-0.1, -0.05) is 32.1 Å². The second-order valence-corrected chi connectivity index (χ2v) is 7.63. The number of aliphatic hydroxyl groups excluding tert-OH is 1. The molecule has 0 aliphatic heterocycles. The van der Waals surface area contributed by atoms with Gasteiger partial charge in [-0.2, -0.15) is 0 Å². The summed E-state index contributed by atoms with van der Waals surface area (Å²) in [7, 11) is 0. The van der Waals surface area contributed by atoms with Crippen LogP contribution >= 0.6 is 27.3 Å². The van der Waals surface area contributed by atoms with Crippen LogP contribution in [0.4, 0.5) is 0 Å². The maximum absolute atomic E-state index is 10.3. The monoisotopic (exact) mass is 316 g/mol. The topological polar surface area (TPSA) is 20.2 Å². The number of aliphatic hydroxyl groups is 1. The zero-order valence-corrected chi connectivity index (χ0v) is 12.6. The fraction of sp³-hybridized carbons (Fsp3) is 0.714. The fourth-order valence-corrected chi connectivity index (χ4v) is 4.24. The molecule has 3 heteroatoms. The van der Waals surface area contributed by atoms with Crippen LogP contribution in [0.25, 0.3) is 0 Å². The summed E-state index contributed by atoms with van der Waals surface area (Å²) in [6, 6.07) is 4.20. The maximum Gasteiger partial charge on any atom is 0.0701 e. The van der Waals surface area contributed by atoms with Gasteiger partial charge in [0.1, 0.15) is 0 Å². The van der Waals surface area contributed by atoms with Crippen LogP contribution < -0.4 is 0 Å². The van der Waals surface area contributed by atoms with Gasteiger partial charge in [-0.3, -0.25) is 0 Å². The molecule has 0 amide bonds. The van der Waals surface area contributed by atoms with Crippen molar-refractivity contribution < 1.29 is 5.11 Å².